The summed E-state index contributed by atoms with van der Waals surface area (Å²) in [7, 11) is 0. The molecule has 0 bridgehead atoms. The molecule has 3 rings (SSSR count). The second-order valence-electron chi connectivity index (χ2n) is 5.74. The molecule has 6 nitrogen and oxygen atoms in total. The molecule has 1 saturated heterocycles. The highest BCUT2D eigenvalue weighted by molar-refractivity contribution is 6.30. The summed E-state index contributed by atoms with van der Waals surface area (Å²) in [4.78, 5) is 29.4. The minimum atomic E-state index is 0.0235. The number of pyridine rings is 1. The second kappa shape index (κ2) is 7.13. The molecule has 2 aromatic heterocycles. The normalized spacial score (nSPS) is 14.8. The van der Waals surface area contributed by atoms with Crippen LogP contribution < -0.4 is 4.90 Å². The molecule has 7 heteroatoms. The first-order valence-corrected chi connectivity index (χ1v) is 8.45. The molecule has 1 aliphatic heterocycles. The highest BCUT2D eigenvalue weighted by atomic mass is 35.5. The Morgan fingerprint density at radius 3 is 2.62 bits per heavy atom. The fourth-order valence-electron chi connectivity index (χ4n) is 2.91. The quantitative estimate of drug-likeness (QED) is 0.799. The number of hydrogen-bond donors (Lipinski definition) is 0. The largest absolute Gasteiger partial charge is 0.353 e. The number of piperazine rings is 1. The Hall–Kier alpha value is -2.21. The molecule has 0 radical (unpaired) electrons. The Kier molecular flexibility index (Phi) is 4.94. The van der Waals surface area contributed by atoms with E-state index in [1.807, 2.05) is 18.7 Å². The van der Waals surface area contributed by atoms with Gasteiger partial charge in [0.25, 0.3) is 5.91 Å². The van der Waals surface area contributed by atoms with E-state index in [1.54, 1.807) is 24.5 Å². The van der Waals surface area contributed by atoms with Crippen molar-refractivity contribution >= 4 is 23.3 Å². The highest BCUT2D eigenvalue weighted by Crippen LogP contribution is 2.26. The van der Waals surface area contributed by atoms with Gasteiger partial charge >= 0.3 is 0 Å². The van der Waals surface area contributed by atoms with Crippen LogP contribution in [-0.2, 0) is 6.42 Å². The number of halogens is 1. The van der Waals surface area contributed by atoms with Crippen molar-refractivity contribution in [2.45, 2.75) is 20.3 Å². The third kappa shape index (κ3) is 3.33. The standard InChI is InChI=1S/C17H20ClN5O/c1-3-14-15(18)20-12(2)21-16(14)22-7-9-23(10-8-22)17(24)13-5-4-6-19-11-13/h4-6,11H,3,7-10H2,1-2H3. The zero-order valence-electron chi connectivity index (χ0n) is 13.9. The second-order valence-corrected chi connectivity index (χ2v) is 6.10. The van der Waals surface area contributed by atoms with Crippen molar-refractivity contribution in [1.29, 1.82) is 0 Å². The Morgan fingerprint density at radius 1 is 1.25 bits per heavy atom. The molecule has 1 amide bonds. The van der Waals surface area contributed by atoms with Gasteiger partial charge in [0.15, 0.2) is 0 Å². The highest BCUT2D eigenvalue weighted by Gasteiger charge is 2.25. The molecule has 24 heavy (non-hydrogen) atoms. The predicted octanol–water partition coefficient (Wildman–Crippen LogP) is 2.36. The molecule has 126 valence electrons. The molecule has 0 spiro atoms. The molecule has 0 N–H and O–H groups in total. The Balaban J connectivity index is 1.73. The van der Waals surface area contributed by atoms with Crippen molar-refractivity contribution in [2.75, 3.05) is 31.1 Å². The van der Waals surface area contributed by atoms with Gasteiger partial charge in [-0.25, -0.2) is 9.97 Å². The number of amides is 1. The Morgan fingerprint density at radius 2 is 2.00 bits per heavy atom. The van der Waals surface area contributed by atoms with Gasteiger partial charge < -0.3 is 9.80 Å². The number of anilines is 1. The zero-order valence-corrected chi connectivity index (χ0v) is 14.6. The van der Waals surface area contributed by atoms with Crippen LogP contribution in [0.2, 0.25) is 5.15 Å². The molecule has 1 aliphatic rings. The van der Waals surface area contributed by atoms with E-state index in [9.17, 15) is 4.79 Å². The average Bonchev–Trinajstić information content (AvgIpc) is 2.61. The average molecular weight is 346 g/mol. The lowest BCUT2D eigenvalue weighted by atomic mass is 10.2. The van der Waals surface area contributed by atoms with E-state index in [0.717, 1.165) is 30.9 Å². The lowest BCUT2D eigenvalue weighted by Gasteiger charge is -2.36. The van der Waals surface area contributed by atoms with Crippen LogP contribution in [0.15, 0.2) is 24.5 Å². The first-order valence-electron chi connectivity index (χ1n) is 8.07. The topological polar surface area (TPSA) is 62.2 Å². The van der Waals surface area contributed by atoms with Crippen LogP contribution in [0.25, 0.3) is 0 Å². The molecule has 1 fully saturated rings. The number of carbonyl (C=O) groups excluding carboxylic acids is 1. The van der Waals surface area contributed by atoms with Crippen LogP contribution >= 0.6 is 11.6 Å². The first kappa shape index (κ1) is 16.6. The fourth-order valence-corrected chi connectivity index (χ4v) is 3.25. The molecule has 0 atom stereocenters. The molecular weight excluding hydrogens is 326 g/mol. The third-order valence-electron chi connectivity index (χ3n) is 4.18. The molecule has 0 aliphatic carbocycles. The van der Waals surface area contributed by atoms with Crippen LogP contribution in [-0.4, -0.2) is 51.9 Å². The molecule has 0 unspecified atom stereocenters. The number of nitrogens with zero attached hydrogens (tertiary/aromatic N) is 5. The summed E-state index contributed by atoms with van der Waals surface area (Å²) < 4.78 is 0. The van der Waals surface area contributed by atoms with Crippen molar-refractivity contribution in [3.63, 3.8) is 0 Å². The minimum Gasteiger partial charge on any atom is -0.353 e. The van der Waals surface area contributed by atoms with Crippen molar-refractivity contribution in [3.05, 3.63) is 46.6 Å². The zero-order chi connectivity index (χ0) is 17.1. The molecule has 0 aromatic carbocycles. The fraction of sp³-hybridized carbons (Fsp3) is 0.412. The monoisotopic (exact) mass is 345 g/mol. The minimum absolute atomic E-state index is 0.0235. The smallest absolute Gasteiger partial charge is 0.255 e. The summed E-state index contributed by atoms with van der Waals surface area (Å²) in [5.74, 6) is 1.58. The maximum absolute atomic E-state index is 12.5. The van der Waals surface area contributed by atoms with Gasteiger partial charge in [-0.2, -0.15) is 0 Å². The van der Waals surface area contributed by atoms with Crippen molar-refractivity contribution in [1.82, 2.24) is 19.9 Å². The Bertz CT molecular complexity index is 729. The lowest BCUT2D eigenvalue weighted by molar-refractivity contribution is 0.0746. The molecule has 0 saturated carbocycles. The van der Waals surface area contributed by atoms with E-state index in [2.05, 4.69) is 19.9 Å². The van der Waals surface area contributed by atoms with Gasteiger partial charge in [-0.05, 0) is 25.5 Å². The maximum atomic E-state index is 12.5. The summed E-state index contributed by atoms with van der Waals surface area (Å²) in [5, 5.41) is 0.522. The first-order chi connectivity index (χ1) is 11.6. The van der Waals surface area contributed by atoms with Gasteiger partial charge in [0, 0.05) is 44.1 Å². The predicted molar refractivity (Wildman–Crippen MR) is 93.5 cm³/mol. The van der Waals surface area contributed by atoms with Gasteiger partial charge in [-0.1, -0.05) is 18.5 Å². The van der Waals surface area contributed by atoms with Crippen molar-refractivity contribution < 1.29 is 4.79 Å². The van der Waals surface area contributed by atoms with Crippen LogP contribution in [0.5, 0.6) is 0 Å². The van der Waals surface area contributed by atoms with E-state index in [0.29, 0.717) is 29.6 Å². The number of carbonyl (C=O) groups is 1. The lowest BCUT2D eigenvalue weighted by Crippen LogP contribution is -2.49. The number of hydrogen-bond acceptors (Lipinski definition) is 5. The number of aromatic nitrogens is 3. The van der Waals surface area contributed by atoms with Crippen molar-refractivity contribution in [2.24, 2.45) is 0 Å². The van der Waals surface area contributed by atoms with Crippen LogP contribution in [0, 0.1) is 6.92 Å². The summed E-state index contributed by atoms with van der Waals surface area (Å²) in [5.41, 5.74) is 1.59. The van der Waals surface area contributed by atoms with Crippen LogP contribution in [0.4, 0.5) is 5.82 Å². The van der Waals surface area contributed by atoms with Gasteiger partial charge in [0.1, 0.15) is 16.8 Å². The molecule has 2 aromatic rings. The van der Waals surface area contributed by atoms with E-state index >= 15 is 0 Å². The maximum Gasteiger partial charge on any atom is 0.255 e. The number of aryl methyl sites for hydroxylation is 1. The molecular formula is C17H20ClN5O. The molecule has 3 heterocycles. The van der Waals surface area contributed by atoms with E-state index in [1.165, 1.54) is 0 Å². The van der Waals surface area contributed by atoms with E-state index < -0.39 is 0 Å². The van der Waals surface area contributed by atoms with Crippen LogP contribution in [0.3, 0.4) is 0 Å². The number of rotatable bonds is 3. The Labute approximate surface area is 146 Å². The summed E-state index contributed by atoms with van der Waals surface area (Å²) in [6.45, 7) is 6.65. The van der Waals surface area contributed by atoms with Gasteiger partial charge in [-0.15, -0.1) is 0 Å². The van der Waals surface area contributed by atoms with Gasteiger partial charge in [0.2, 0.25) is 0 Å². The van der Waals surface area contributed by atoms with Crippen molar-refractivity contribution in [3.8, 4) is 0 Å². The SMILES string of the molecule is CCc1c(Cl)nc(C)nc1N1CCN(C(=O)c2cccnc2)CC1. The van der Waals surface area contributed by atoms with E-state index in [-0.39, 0.29) is 5.91 Å². The van der Waals surface area contributed by atoms with Gasteiger partial charge in [0.05, 0.1) is 5.56 Å². The summed E-state index contributed by atoms with van der Waals surface area (Å²) in [6.07, 6.45) is 4.06. The third-order valence-corrected chi connectivity index (χ3v) is 4.49. The summed E-state index contributed by atoms with van der Waals surface area (Å²) in [6, 6.07) is 3.58. The van der Waals surface area contributed by atoms with E-state index in [4.69, 9.17) is 11.6 Å². The van der Waals surface area contributed by atoms with Crippen LogP contribution in [0.1, 0.15) is 28.7 Å². The summed E-state index contributed by atoms with van der Waals surface area (Å²) >= 11 is 6.26. The van der Waals surface area contributed by atoms with Gasteiger partial charge in [-0.3, -0.25) is 9.78 Å².